The summed E-state index contributed by atoms with van der Waals surface area (Å²) in [6.45, 7) is 3.21. The van der Waals surface area contributed by atoms with Crippen molar-refractivity contribution in [2.75, 3.05) is 25.7 Å². The van der Waals surface area contributed by atoms with Crippen molar-refractivity contribution in [3.05, 3.63) is 52.6 Å². The van der Waals surface area contributed by atoms with E-state index in [4.69, 9.17) is 14.2 Å². The van der Waals surface area contributed by atoms with Gasteiger partial charge in [0.25, 0.3) is 0 Å². The Morgan fingerprint density at radius 3 is 1.97 bits per heavy atom. The number of hydrogen-bond donors (Lipinski definition) is 0. The zero-order valence-electron chi connectivity index (χ0n) is 19.8. The van der Waals surface area contributed by atoms with Gasteiger partial charge in [-0.25, -0.2) is 9.18 Å². The van der Waals surface area contributed by atoms with Crippen LogP contribution in [0.2, 0.25) is 0 Å². The van der Waals surface area contributed by atoms with Crippen molar-refractivity contribution in [2.24, 2.45) is 0 Å². The predicted octanol–water partition coefficient (Wildman–Crippen LogP) is 7.29. The molecule has 0 unspecified atom stereocenters. The van der Waals surface area contributed by atoms with Crippen LogP contribution < -0.4 is 14.4 Å². The van der Waals surface area contributed by atoms with Gasteiger partial charge in [-0.15, -0.1) is 0 Å². The van der Waals surface area contributed by atoms with E-state index in [1.807, 2.05) is 0 Å². The summed E-state index contributed by atoms with van der Waals surface area (Å²) in [6.07, 6.45) is -13.4. The summed E-state index contributed by atoms with van der Waals surface area (Å²) in [4.78, 5) is 13.9. The third-order valence-electron chi connectivity index (χ3n) is 5.97. The number of rotatable bonds is 5. The molecule has 0 spiro atoms. The van der Waals surface area contributed by atoms with Crippen LogP contribution in [0.3, 0.4) is 0 Å². The molecule has 1 amide bonds. The molecule has 0 aromatic heterocycles. The molecule has 0 saturated carbocycles. The molecule has 36 heavy (non-hydrogen) atoms. The lowest BCUT2D eigenvalue weighted by Crippen LogP contribution is -2.44. The van der Waals surface area contributed by atoms with Gasteiger partial charge < -0.3 is 14.2 Å². The number of benzene rings is 2. The van der Waals surface area contributed by atoms with E-state index in [0.717, 1.165) is 0 Å². The summed E-state index contributed by atoms with van der Waals surface area (Å²) in [7, 11) is 2.64. The van der Waals surface area contributed by atoms with E-state index in [-0.39, 0.29) is 41.8 Å². The summed E-state index contributed by atoms with van der Waals surface area (Å²) < 4.78 is 112. The fourth-order valence-corrected chi connectivity index (χ4v) is 4.35. The number of amides is 1. The highest BCUT2D eigenvalue weighted by Crippen LogP contribution is 2.51. The zero-order chi connectivity index (χ0) is 27.0. The largest absolute Gasteiger partial charge is 0.493 e. The van der Waals surface area contributed by atoms with Crippen LogP contribution in [0.4, 0.5) is 41.2 Å². The monoisotopic (exact) mass is 523 g/mol. The van der Waals surface area contributed by atoms with Crippen molar-refractivity contribution < 1.29 is 49.7 Å². The van der Waals surface area contributed by atoms with Crippen molar-refractivity contribution in [3.63, 3.8) is 0 Å². The van der Waals surface area contributed by atoms with Gasteiger partial charge in [0.1, 0.15) is 6.17 Å². The summed E-state index contributed by atoms with van der Waals surface area (Å²) in [5.41, 5.74) is -3.70. The van der Waals surface area contributed by atoms with Gasteiger partial charge in [0.15, 0.2) is 11.5 Å². The minimum atomic E-state index is -5.12. The highest BCUT2D eigenvalue weighted by Gasteiger charge is 2.42. The molecule has 3 rings (SSSR count). The Hall–Kier alpha value is -3.18. The lowest BCUT2D eigenvalue weighted by Gasteiger charge is -2.40. The smallest absolute Gasteiger partial charge is 0.416 e. The molecule has 3 atom stereocenters. The normalized spacial score (nSPS) is 18.9. The van der Waals surface area contributed by atoms with Crippen LogP contribution in [-0.4, -0.2) is 33.0 Å². The molecule has 1 aliphatic heterocycles. The van der Waals surface area contributed by atoms with E-state index in [2.05, 4.69) is 0 Å². The molecule has 1 heterocycles. The molecule has 1 aliphatic rings. The first kappa shape index (κ1) is 27.4. The summed E-state index contributed by atoms with van der Waals surface area (Å²) in [5, 5.41) is 0. The van der Waals surface area contributed by atoms with Crippen molar-refractivity contribution in [1.29, 1.82) is 0 Å². The molecule has 5 nitrogen and oxygen atoms in total. The molecule has 0 radical (unpaired) electrons. The first-order valence-corrected chi connectivity index (χ1v) is 10.9. The molecule has 0 saturated heterocycles. The average Bonchev–Trinajstić information content (AvgIpc) is 2.80. The van der Waals surface area contributed by atoms with Crippen molar-refractivity contribution >= 4 is 11.8 Å². The van der Waals surface area contributed by atoms with Crippen LogP contribution in [0.5, 0.6) is 11.5 Å². The molecule has 0 fully saturated rings. The summed E-state index contributed by atoms with van der Waals surface area (Å²) >= 11 is 0. The van der Waals surface area contributed by atoms with Gasteiger partial charge in [-0.3, -0.25) is 4.90 Å². The second kappa shape index (κ2) is 10.1. The molecule has 0 N–H and O–H groups in total. The quantitative estimate of drug-likeness (QED) is 0.386. The Morgan fingerprint density at radius 2 is 1.50 bits per heavy atom. The minimum Gasteiger partial charge on any atom is -0.493 e. The van der Waals surface area contributed by atoms with E-state index in [0.29, 0.717) is 12.1 Å². The lowest BCUT2D eigenvalue weighted by atomic mass is 9.80. The number of carbonyl (C=O) groups excluding carboxylic acids is 1. The number of methoxy groups -OCH3 is 2. The van der Waals surface area contributed by atoms with Gasteiger partial charge in [-0.05, 0) is 55.7 Å². The second-order valence-electron chi connectivity index (χ2n) is 8.27. The molecule has 2 aromatic rings. The number of ether oxygens (including phenoxy) is 3. The van der Waals surface area contributed by atoms with Crippen molar-refractivity contribution in [3.8, 4) is 11.5 Å². The van der Waals surface area contributed by atoms with Crippen molar-refractivity contribution in [2.45, 2.75) is 50.8 Å². The van der Waals surface area contributed by atoms with Crippen LogP contribution in [-0.2, 0) is 17.1 Å². The third kappa shape index (κ3) is 5.31. The molecule has 2 aromatic carbocycles. The molecule has 12 heteroatoms. The van der Waals surface area contributed by atoms with E-state index in [9.17, 15) is 31.1 Å². The minimum absolute atomic E-state index is 0.0459. The maximum absolute atomic E-state index is 16.0. The number of alkyl halides is 7. The van der Waals surface area contributed by atoms with E-state index >= 15 is 4.39 Å². The van der Waals surface area contributed by atoms with Crippen LogP contribution in [0, 0.1) is 0 Å². The highest BCUT2D eigenvalue weighted by atomic mass is 19.4. The number of nitrogens with zero attached hydrogens (tertiary/aromatic N) is 1. The Morgan fingerprint density at radius 1 is 0.972 bits per heavy atom. The topological polar surface area (TPSA) is 48.0 Å². The Balaban J connectivity index is 2.20. The van der Waals surface area contributed by atoms with Gasteiger partial charge >= 0.3 is 18.4 Å². The highest BCUT2D eigenvalue weighted by molar-refractivity contribution is 5.91. The van der Waals surface area contributed by atoms with Gasteiger partial charge in [-0.1, -0.05) is 0 Å². The van der Waals surface area contributed by atoms with Gasteiger partial charge in [0.05, 0.1) is 37.6 Å². The second-order valence-corrected chi connectivity index (χ2v) is 8.27. The fourth-order valence-electron chi connectivity index (χ4n) is 4.35. The first-order chi connectivity index (χ1) is 16.7. The fraction of sp³-hybridized carbons (Fsp3) is 0.458. The molecular formula is C24H24F7NO4. The zero-order valence-corrected chi connectivity index (χ0v) is 19.8. The number of hydrogen-bond acceptors (Lipinski definition) is 4. The van der Waals surface area contributed by atoms with Gasteiger partial charge in [0.2, 0.25) is 0 Å². The van der Waals surface area contributed by atoms with E-state index in [1.54, 1.807) is 13.8 Å². The third-order valence-corrected chi connectivity index (χ3v) is 5.97. The van der Waals surface area contributed by atoms with Crippen LogP contribution in [0.15, 0.2) is 30.3 Å². The number of anilines is 1. The number of halogens is 7. The molecule has 198 valence electrons. The molecular weight excluding hydrogens is 499 g/mol. The van der Waals surface area contributed by atoms with E-state index < -0.39 is 53.3 Å². The first-order valence-electron chi connectivity index (χ1n) is 10.9. The standard InChI is InChI=1S/C24H24F7NO4/c1-5-36-22(33)32-12(2)6-17(16-10-19(34-3)20(35-4)11-18(16)32)21(25)13-7-14(23(26,27)28)9-15(8-13)24(29,30)31/h7-12,17,21H,5-6H2,1-4H3/t12-,17-,21-/m0/s1. The van der Waals surface area contributed by atoms with Crippen LogP contribution in [0.25, 0.3) is 0 Å². The number of fused-ring (bicyclic) bond motifs is 1. The van der Waals surface area contributed by atoms with Crippen LogP contribution in [0.1, 0.15) is 54.6 Å². The summed E-state index contributed by atoms with van der Waals surface area (Å²) in [5.74, 6) is -0.871. The Bertz CT molecular complexity index is 1080. The van der Waals surface area contributed by atoms with E-state index in [1.165, 1.54) is 31.3 Å². The predicted molar refractivity (Wildman–Crippen MR) is 116 cm³/mol. The van der Waals surface area contributed by atoms with Crippen LogP contribution >= 0.6 is 0 Å². The molecule has 0 bridgehead atoms. The number of carbonyl (C=O) groups is 1. The SMILES string of the molecule is CCOC(=O)N1c2cc(OC)c(OC)cc2[C@@H]([C@@H](F)c2cc(C(F)(F)F)cc(C(F)(F)F)c2)C[C@@H]1C. The Labute approximate surface area is 202 Å². The average molecular weight is 523 g/mol. The Kier molecular flexibility index (Phi) is 7.66. The van der Waals surface area contributed by atoms with Crippen molar-refractivity contribution in [1.82, 2.24) is 0 Å². The lowest BCUT2D eigenvalue weighted by molar-refractivity contribution is -0.143. The summed E-state index contributed by atoms with van der Waals surface area (Å²) in [6, 6.07) is 2.76. The van der Waals surface area contributed by atoms with Gasteiger partial charge in [0, 0.05) is 18.0 Å². The van der Waals surface area contributed by atoms with Gasteiger partial charge in [-0.2, -0.15) is 26.3 Å². The maximum Gasteiger partial charge on any atom is 0.416 e. The molecule has 0 aliphatic carbocycles. The maximum atomic E-state index is 16.0.